The van der Waals surface area contributed by atoms with E-state index in [9.17, 15) is 4.79 Å². The molecule has 7 nitrogen and oxygen atoms in total. The highest BCUT2D eigenvalue weighted by atomic mass is 16.5. The summed E-state index contributed by atoms with van der Waals surface area (Å²) in [6.45, 7) is 3.58. The van der Waals surface area contributed by atoms with Crippen LogP contribution in [0.15, 0.2) is 41.1 Å². The van der Waals surface area contributed by atoms with Gasteiger partial charge in [-0.05, 0) is 37.6 Å². The van der Waals surface area contributed by atoms with Crippen molar-refractivity contribution < 1.29 is 18.7 Å². The molecule has 1 atom stereocenters. The molecule has 1 N–H and O–H groups in total. The molecule has 0 spiro atoms. The molecule has 1 amide bonds. The number of amides is 1. The van der Waals surface area contributed by atoms with Crippen molar-refractivity contribution in [3.63, 3.8) is 0 Å². The SMILES string of the molecule is COc1cc(OC)cc([C@@H](NC(=O)c2cc(C)oc2C)c2nccn2C)c1. The van der Waals surface area contributed by atoms with Gasteiger partial charge in [0.1, 0.15) is 34.9 Å². The maximum absolute atomic E-state index is 12.9. The first kappa shape index (κ1) is 18.6. The Kier molecular flexibility index (Phi) is 5.21. The first-order valence-electron chi connectivity index (χ1n) is 8.51. The second kappa shape index (κ2) is 7.57. The molecule has 0 saturated heterocycles. The van der Waals surface area contributed by atoms with Crippen molar-refractivity contribution in [2.75, 3.05) is 14.2 Å². The number of aromatic nitrogens is 2. The lowest BCUT2D eigenvalue weighted by molar-refractivity contribution is 0.0939. The summed E-state index contributed by atoms with van der Waals surface area (Å²) in [6, 6.07) is 6.73. The Bertz CT molecular complexity index is 936. The van der Waals surface area contributed by atoms with Crippen LogP contribution >= 0.6 is 0 Å². The standard InChI is InChI=1S/C20H23N3O4/c1-12-8-17(13(2)27-12)20(24)22-18(19-21-6-7-23(19)3)14-9-15(25-4)11-16(10-14)26-5/h6-11,18H,1-5H3,(H,22,24)/t18-/m1/s1. The average molecular weight is 369 g/mol. The number of carbonyl (C=O) groups excluding carboxylic acids is 1. The first-order chi connectivity index (χ1) is 12.9. The minimum atomic E-state index is -0.490. The number of carbonyl (C=O) groups is 1. The highest BCUT2D eigenvalue weighted by Crippen LogP contribution is 2.30. The Morgan fingerprint density at radius 1 is 1.15 bits per heavy atom. The van der Waals surface area contributed by atoms with Gasteiger partial charge in [-0.25, -0.2) is 4.98 Å². The number of ether oxygens (including phenoxy) is 2. The average Bonchev–Trinajstić information content (AvgIpc) is 3.23. The molecule has 7 heteroatoms. The summed E-state index contributed by atoms with van der Waals surface area (Å²) in [4.78, 5) is 17.3. The van der Waals surface area contributed by atoms with Crippen molar-refractivity contribution in [1.82, 2.24) is 14.9 Å². The zero-order valence-corrected chi connectivity index (χ0v) is 16.1. The summed E-state index contributed by atoms with van der Waals surface area (Å²) >= 11 is 0. The van der Waals surface area contributed by atoms with E-state index in [1.165, 1.54) is 0 Å². The molecular formula is C20H23N3O4. The smallest absolute Gasteiger partial charge is 0.255 e. The summed E-state index contributed by atoms with van der Waals surface area (Å²) < 4.78 is 18.1. The lowest BCUT2D eigenvalue weighted by Gasteiger charge is -2.20. The van der Waals surface area contributed by atoms with Crippen LogP contribution in [0.1, 0.15) is 39.3 Å². The number of rotatable bonds is 6. The van der Waals surface area contributed by atoms with Gasteiger partial charge in [0.05, 0.1) is 19.8 Å². The molecule has 0 aliphatic rings. The maximum Gasteiger partial charge on any atom is 0.255 e. The second-order valence-electron chi connectivity index (χ2n) is 6.28. The lowest BCUT2D eigenvalue weighted by Crippen LogP contribution is -2.31. The van der Waals surface area contributed by atoms with Gasteiger partial charge in [-0.1, -0.05) is 0 Å². The van der Waals surface area contributed by atoms with Crippen LogP contribution in [0.2, 0.25) is 0 Å². The summed E-state index contributed by atoms with van der Waals surface area (Å²) in [7, 11) is 5.06. The number of furan rings is 1. The Morgan fingerprint density at radius 3 is 2.30 bits per heavy atom. The minimum absolute atomic E-state index is 0.237. The van der Waals surface area contributed by atoms with Gasteiger partial charge in [0.15, 0.2) is 0 Å². The molecule has 1 aromatic carbocycles. The van der Waals surface area contributed by atoms with E-state index in [4.69, 9.17) is 13.9 Å². The Morgan fingerprint density at radius 2 is 1.81 bits per heavy atom. The summed E-state index contributed by atoms with van der Waals surface area (Å²) in [6.07, 6.45) is 3.53. The topological polar surface area (TPSA) is 78.5 Å². The van der Waals surface area contributed by atoms with Crippen LogP contribution in [-0.4, -0.2) is 29.7 Å². The van der Waals surface area contributed by atoms with Crippen LogP contribution in [0.3, 0.4) is 0 Å². The predicted molar refractivity (Wildman–Crippen MR) is 100 cm³/mol. The normalized spacial score (nSPS) is 11.9. The van der Waals surface area contributed by atoms with Gasteiger partial charge < -0.3 is 23.8 Å². The quantitative estimate of drug-likeness (QED) is 0.722. The lowest BCUT2D eigenvalue weighted by atomic mass is 10.0. The molecule has 27 heavy (non-hydrogen) atoms. The number of hydrogen-bond acceptors (Lipinski definition) is 5. The molecule has 0 saturated carbocycles. The number of nitrogens with zero attached hydrogens (tertiary/aromatic N) is 2. The monoisotopic (exact) mass is 369 g/mol. The minimum Gasteiger partial charge on any atom is -0.497 e. The largest absolute Gasteiger partial charge is 0.497 e. The van der Waals surface area contributed by atoms with E-state index in [1.807, 2.05) is 36.9 Å². The van der Waals surface area contributed by atoms with Crippen LogP contribution in [0, 0.1) is 13.8 Å². The third-order valence-electron chi connectivity index (χ3n) is 4.38. The van der Waals surface area contributed by atoms with E-state index in [-0.39, 0.29) is 5.91 Å². The fraction of sp³-hybridized carbons (Fsp3) is 0.300. The van der Waals surface area contributed by atoms with Gasteiger partial charge in [-0.15, -0.1) is 0 Å². The van der Waals surface area contributed by atoms with E-state index in [2.05, 4.69) is 10.3 Å². The number of nitrogens with one attached hydrogen (secondary N) is 1. The molecule has 0 aliphatic carbocycles. The van der Waals surface area contributed by atoms with Crippen molar-refractivity contribution >= 4 is 5.91 Å². The predicted octanol–water partition coefficient (Wildman–Crippen LogP) is 3.17. The van der Waals surface area contributed by atoms with Crippen molar-refractivity contribution in [1.29, 1.82) is 0 Å². The third kappa shape index (κ3) is 3.81. The molecule has 0 bridgehead atoms. The van der Waals surface area contributed by atoms with Crippen molar-refractivity contribution in [3.8, 4) is 11.5 Å². The number of methoxy groups -OCH3 is 2. The summed E-state index contributed by atoms with van der Waals surface area (Å²) in [5.74, 6) is 2.98. The van der Waals surface area contributed by atoms with Gasteiger partial charge in [-0.3, -0.25) is 4.79 Å². The Labute approximate surface area is 157 Å². The number of imidazole rings is 1. The molecule has 0 radical (unpaired) electrons. The second-order valence-corrected chi connectivity index (χ2v) is 6.28. The van der Waals surface area contributed by atoms with Gasteiger partial charge in [0.2, 0.25) is 0 Å². The highest BCUT2D eigenvalue weighted by molar-refractivity contribution is 5.95. The van der Waals surface area contributed by atoms with Crippen molar-refractivity contribution in [2.24, 2.45) is 7.05 Å². The van der Waals surface area contributed by atoms with E-state index < -0.39 is 6.04 Å². The molecule has 0 fully saturated rings. The van der Waals surface area contributed by atoms with Crippen LogP contribution in [0.5, 0.6) is 11.5 Å². The van der Waals surface area contributed by atoms with Crippen molar-refractivity contribution in [2.45, 2.75) is 19.9 Å². The molecular weight excluding hydrogens is 346 g/mol. The van der Waals surface area contributed by atoms with Crippen LogP contribution in [0.4, 0.5) is 0 Å². The maximum atomic E-state index is 12.9. The Hall–Kier alpha value is -3.22. The molecule has 3 rings (SSSR count). The summed E-state index contributed by atoms with van der Waals surface area (Å²) in [5, 5.41) is 3.06. The number of aryl methyl sites for hydroxylation is 3. The fourth-order valence-electron chi connectivity index (χ4n) is 3.01. The highest BCUT2D eigenvalue weighted by Gasteiger charge is 2.24. The van der Waals surface area contributed by atoms with E-state index in [0.29, 0.717) is 34.4 Å². The molecule has 0 unspecified atom stereocenters. The zero-order valence-electron chi connectivity index (χ0n) is 16.1. The molecule has 3 aromatic rings. The fourth-order valence-corrected chi connectivity index (χ4v) is 3.01. The molecule has 142 valence electrons. The Balaban J connectivity index is 2.04. The van der Waals surface area contributed by atoms with E-state index in [0.717, 1.165) is 5.56 Å². The van der Waals surface area contributed by atoms with E-state index >= 15 is 0 Å². The first-order valence-corrected chi connectivity index (χ1v) is 8.51. The van der Waals surface area contributed by atoms with E-state index in [1.54, 1.807) is 39.5 Å². The molecule has 2 aromatic heterocycles. The van der Waals surface area contributed by atoms with Gasteiger partial charge in [-0.2, -0.15) is 0 Å². The molecule has 0 aliphatic heterocycles. The zero-order chi connectivity index (χ0) is 19.6. The van der Waals surface area contributed by atoms with Gasteiger partial charge in [0.25, 0.3) is 5.91 Å². The van der Waals surface area contributed by atoms with Crippen LogP contribution in [-0.2, 0) is 7.05 Å². The van der Waals surface area contributed by atoms with Crippen LogP contribution in [0.25, 0.3) is 0 Å². The third-order valence-corrected chi connectivity index (χ3v) is 4.38. The number of hydrogen-bond donors (Lipinski definition) is 1. The number of benzene rings is 1. The summed E-state index contributed by atoms with van der Waals surface area (Å²) in [5.41, 5.74) is 1.30. The van der Waals surface area contributed by atoms with Gasteiger partial charge in [0, 0.05) is 25.5 Å². The van der Waals surface area contributed by atoms with Crippen molar-refractivity contribution in [3.05, 3.63) is 65.1 Å². The van der Waals surface area contributed by atoms with Gasteiger partial charge >= 0.3 is 0 Å². The van der Waals surface area contributed by atoms with Crippen LogP contribution < -0.4 is 14.8 Å². The molecule has 2 heterocycles.